The van der Waals surface area contributed by atoms with Crippen molar-refractivity contribution in [3.05, 3.63) is 52.0 Å². The van der Waals surface area contributed by atoms with Gasteiger partial charge in [0.05, 0.1) is 4.88 Å². The Bertz CT molecular complexity index is 858. The standard InChI is InChI=1S/C19H21N3OS/c1-2-14-5-6-17(24-14)19(23)22-10-7-13(8-11-22)16-12-21-18-15(16)4-3-9-20-18/h3-6,9,12-13H,2,7-8,10-11H2,1H3,(H,20,21). The number of carbonyl (C=O) groups is 1. The van der Waals surface area contributed by atoms with Crippen LogP contribution in [0.25, 0.3) is 11.0 Å². The number of pyridine rings is 1. The van der Waals surface area contributed by atoms with Crippen LogP contribution in [0.5, 0.6) is 0 Å². The van der Waals surface area contributed by atoms with Crippen molar-refractivity contribution in [2.24, 2.45) is 0 Å². The van der Waals surface area contributed by atoms with Gasteiger partial charge in [-0.2, -0.15) is 0 Å². The lowest BCUT2D eigenvalue weighted by atomic mass is 9.89. The second kappa shape index (κ2) is 6.40. The van der Waals surface area contributed by atoms with Gasteiger partial charge in [-0.25, -0.2) is 4.98 Å². The highest BCUT2D eigenvalue weighted by atomic mass is 32.1. The number of hydrogen-bond donors (Lipinski definition) is 1. The number of amides is 1. The summed E-state index contributed by atoms with van der Waals surface area (Å²) in [6.07, 6.45) is 6.93. The molecule has 5 heteroatoms. The summed E-state index contributed by atoms with van der Waals surface area (Å²) in [4.78, 5) is 24.5. The highest BCUT2D eigenvalue weighted by Crippen LogP contribution is 2.33. The van der Waals surface area contributed by atoms with Crippen molar-refractivity contribution in [1.29, 1.82) is 0 Å². The average Bonchev–Trinajstić information content (AvgIpc) is 3.28. The minimum absolute atomic E-state index is 0.193. The van der Waals surface area contributed by atoms with Crippen molar-refractivity contribution >= 4 is 28.3 Å². The number of likely N-dealkylation sites (tertiary alicyclic amines) is 1. The fourth-order valence-corrected chi connectivity index (χ4v) is 4.46. The quantitative estimate of drug-likeness (QED) is 0.777. The van der Waals surface area contributed by atoms with Gasteiger partial charge in [-0.15, -0.1) is 11.3 Å². The zero-order valence-electron chi connectivity index (χ0n) is 13.8. The first-order valence-corrected chi connectivity index (χ1v) is 9.38. The van der Waals surface area contributed by atoms with Crippen LogP contribution in [0.1, 0.15) is 45.8 Å². The van der Waals surface area contributed by atoms with Crippen LogP contribution < -0.4 is 0 Å². The first-order valence-electron chi connectivity index (χ1n) is 8.56. The Balaban J connectivity index is 1.45. The van der Waals surface area contributed by atoms with Gasteiger partial charge < -0.3 is 9.88 Å². The molecule has 4 rings (SSSR count). The van der Waals surface area contributed by atoms with E-state index in [1.165, 1.54) is 15.8 Å². The fraction of sp³-hybridized carbons (Fsp3) is 0.368. The number of carbonyl (C=O) groups excluding carboxylic acids is 1. The molecule has 0 spiro atoms. The van der Waals surface area contributed by atoms with Gasteiger partial charge in [-0.05, 0) is 55.0 Å². The molecule has 1 amide bonds. The molecule has 3 aromatic rings. The van der Waals surface area contributed by atoms with Gasteiger partial charge in [-0.1, -0.05) is 6.92 Å². The molecule has 0 radical (unpaired) electrons. The van der Waals surface area contributed by atoms with Crippen molar-refractivity contribution in [3.8, 4) is 0 Å². The molecule has 1 aliphatic heterocycles. The summed E-state index contributed by atoms with van der Waals surface area (Å²) in [5, 5.41) is 1.22. The van der Waals surface area contributed by atoms with E-state index in [1.54, 1.807) is 11.3 Å². The summed E-state index contributed by atoms with van der Waals surface area (Å²) in [6, 6.07) is 8.16. The van der Waals surface area contributed by atoms with Crippen LogP contribution in [0.15, 0.2) is 36.7 Å². The molecule has 0 bridgehead atoms. The van der Waals surface area contributed by atoms with Crippen LogP contribution in [0.4, 0.5) is 0 Å². The maximum Gasteiger partial charge on any atom is 0.263 e. The number of fused-ring (bicyclic) bond motifs is 1. The van der Waals surface area contributed by atoms with Gasteiger partial charge in [0.1, 0.15) is 5.65 Å². The lowest BCUT2D eigenvalue weighted by Gasteiger charge is -2.31. The van der Waals surface area contributed by atoms with E-state index in [1.807, 2.05) is 23.2 Å². The minimum Gasteiger partial charge on any atom is -0.346 e. The van der Waals surface area contributed by atoms with Crippen molar-refractivity contribution in [2.75, 3.05) is 13.1 Å². The average molecular weight is 339 g/mol. The maximum absolute atomic E-state index is 12.7. The predicted octanol–water partition coefficient (Wildman–Crippen LogP) is 4.21. The number of nitrogens with zero attached hydrogens (tertiary/aromatic N) is 2. The Morgan fingerprint density at radius 3 is 2.92 bits per heavy atom. The zero-order valence-corrected chi connectivity index (χ0v) is 14.6. The zero-order chi connectivity index (χ0) is 16.5. The summed E-state index contributed by atoms with van der Waals surface area (Å²) in [5.74, 6) is 0.695. The number of H-pyrrole nitrogens is 1. The number of hydrogen-bond acceptors (Lipinski definition) is 3. The monoisotopic (exact) mass is 339 g/mol. The Labute approximate surface area is 145 Å². The molecule has 0 atom stereocenters. The van der Waals surface area contributed by atoms with Crippen molar-refractivity contribution in [2.45, 2.75) is 32.1 Å². The molecule has 0 unspecified atom stereocenters. The number of thiophene rings is 1. The molecular weight excluding hydrogens is 318 g/mol. The SMILES string of the molecule is CCc1ccc(C(=O)N2CCC(c3c[nH]c4ncccc34)CC2)s1. The lowest BCUT2D eigenvalue weighted by Crippen LogP contribution is -2.37. The number of rotatable bonds is 3. The predicted molar refractivity (Wildman–Crippen MR) is 97.7 cm³/mol. The molecule has 124 valence electrons. The van der Waals surface area contributed by atoms with Crippen molar-refractivity contribution in [1.82, 2.24) is 14.9 Å². The molecule has 0 aliphatic carbocycles. The van der Waals surface area contributed by atoms with Crippen LogP contribution in [0.2, 0.25) is 0 Å². The van der Waals surface area contributed by atoms with Crippen molar-refractivity contribution < 1.29 is 4.79 Å². The van der Waals surface area contributed by atoms with Crippen LogP contribution in [-0.2, 0) is 6.42 Å². The third-order valence-electron chi connectivity index (χ3n) is 4.93. The van der Waals surface area contributed by atoms with Gasteiger partial charge in [-0.3, -0.25) is 4.79 Å². The molecule has 3 aromatic heterocycles. The summed E-state index contributed by atoms with van der Waals surface area (Å²) < 4.78 is 0. The lowest BCUT2D eigenvalue weighted by molar-refractivity contribution is 0.0718. The van der Waals surface area contributed by atoms with E-state index in [4.69, 9.17) is 0 Å². The smallest absolute Gasteiger partial charge is 0.263 e. The van der Waals surface area contributed by atoms with E-state index < -0.39 is 0 Å². The van der Waals surface area contributed by atoms with E-state index in [0.717, 1.165) is 42.9 Å². The number of piperidine rings is 1. The Morgan fingerprint density at radius 1 is 1.33 bits per heavy atom. The molecular formula is C19H21N3OS. The molecule has 4 heterocycles. The van der Waals surface area contributed by atoms with Gasteiger partial charge in [0, 0.05) is 35.7 Å². The first-order chi connectivity index (χ1) is 11.8. The Kier molecular flexibility index (Phi) is 4.10. The second-order valence-electron chi connectivity index (χ2n) is 6.33. The van der Waals surface area contributed by atoms with Crippen LogP contribution in [-0.4, -0.2) is 33.9 Å². The Morgan fingerprint density at radius 2 is 2.17 bits per heavy atom. The van der Waals surface area contributed by atoms with Gasteiger partial charge in [0.2, 0.25) is 0 Å². The largest absolute Gasteiger partial charge is 0.346 e. The van der Waals surface area contributed by atoms with E-state index in [0.29, 0.717) is 5.92 Å². The van der Waals surface area contributed by atoms with Crippen molar-refractivity contribution in [3.63, 3.8) is 0 Å². The number of aryl methyl sites for hydroxylation is 1. The van der Waals surface area contributed by atoms with Gasteiger partial charge in [0.15, 0.2) is 0 Å². The van der Waals surface area contributed by atoms with Gasteiger partial charge in [0.25, 0.3) is 5.91 Å². The molecule has 1 N–H and O–H groups in total. The highest BCUT2D eigenvalue weighted by molar-refractivity contribution is 7.14. The van der Waals surface area contributed by atoms with Gasteiger partial charge >= 0.3 is 0 Å². The molecule has 0 aromatic carbocycles. The van der Waals surface area contributed by atoms with Crippen LogP contribution in [0, 0.1) is 0 Å². The Hall–Kier alpha value is -2.14. The number of aromatic nitrogens is 2. The molecule has 1 saturated heterocycles. The molecule has 1 aliphatic rings. The summed E-state index contributed by atoms with van der Waals surface area (Å²) >= 11 is 1.63. The van der Waals surface area contributed by atoms with Crippen LogP contribution >= 0.6 is 11.3 Å². The number of nitrogens with one attached hydrogen (secondary N) is 1. The maximum atomic E-state index is 12.7. The molecule has 24 heavy (non-hydrogen) atoms. The number of aromatic amines is 1. The third-order valence-corrected chi connectivity index (χ3v) is 6.14. The van der Waals surface area contributed by atoms with E-state index >= 15 is 0 Å². The summed E-state index contributed by atoms with van der Waals surface area (Å²) in [6.45, 7) is 3.78. The summed E-state index contributed by atoms with van der Waals surface area (Å²) in [7, 11) is 0. The topological polar surface area (TPSA) is 49.0 Å². The third kappa shape index (κ3) is 2.73. The molecule has 0 saturated carbocycles. The normalized spacial score (nSPS) is 16.0. The van der Waals surface area contributed by atoms with Crippen LogP contribution in [0.3, 0.4) is 0 Å². The highest BCUT2D eigenvalue weighted by Gasteiger charge is 2.26. The van der Waals surface area contributed by atoms with E-state index in [9.17, 15) is 4.79 Å². The minimum atomic E-state index is 0.193. The molecule has 4 nitrogen and oxygen atoms in total. The van der Waals surface area contributed by atoms with E-state index in [2.05, 4.69) is 35.2 Å². The fourth-order valence-electron chi connectivity index (χ4n) is 3.55. The second-order valence-corrected chi connectivity index (χ2v) is 7.50. The first kappa shape index (κ1) is 15.4. The summed E-state index contributed by atoms with van der Waals surface area (Å²) in [5.41, 5.74) is 2.30. The van der Waals surface area contributed by atoms with E-state index in [-0.39, 0.29) is 5.91 Å². The molecule has 1 fully saturated rings.